The van der Waals surface area contributed by atoms with E-state index in [9.17, 15) is 39.5 Å². The van der Waals surface area contributed by atoms with Crippen molar-refractivity contribution < 1.29 is 39.5 Å². The van der Waals surface area contributed by atoms with Gasteiger partial charge in [-0.05, 0) is 0 Å². The molecule has 0 aliphatic carbocycles. The predicted molar refractivity (Wildman–Crippen MR) is 45.4 cm³/mol. The fourth-order valence-electron chi connectivity index (χ4n) is 0.536. The van der Waals surface area contributed by atoms with Gasteiger partial charge in [-0.15, -0.1) is 24.0 Å². The lowest BCUT2D eigenvalue weighted by Crippen LogP contribution is -2.62. The first kappa shape index (κ1) is 18.4. The molecule has 0 spiro atoms. The number of alkyl halides is 9. The van der Waals surface area contributed by atoms with Crippen molar-refractivity contribution >= 4 is 24.0 Å². The Morgan fingerprint density at radius 2 is 1.00 bits per heavy atom. The molecule has 11 heteroatoms. The molecule has 0 rings (SSSR count). The Balaban J connectivity index is 0. The highest BCUT2D eigenvalue weighted by Crippen LogP contribution is 2.52. The minimum Gasteiger partial charge on any atom is -0.325 e. The van der Waals surface area contributed by atoms with E-state index in [2.05, 4.69) is 5.73 Å². The van der Waals surface area contributed by atoms with Crippen molar-refractivity contribution in [2.75, 3.05) is 6.54 Å². The van der Waals surface area contributed by atoms with Crippen LogP contribution in [0.3, 0.4) is 0 Å². The van der Waals surface area contributed by atoms with Crippen LogP contribution >= 0.6 is 24.0 Å². The minimum absolute atomic E-state index is 0. The number of halogens is 10. The van der Waals surface area contributed by atoms with Crippen LogP contribution in [-0.2, 0) is 0 Å². The average molecular weight is 377 g/mol. The standard InChI is InChI=1S/C5H4F9N.HI/c6-2(7,1-15)3(8,9)4(10,11)5(12,13)14;/h1,15H2;1H. The van der Waals surface area contributed by atoms with Gasteiger partial charge >= 0.3 is 23.9 Å². The molecule has 0 unspecified atom stereocenters. The van der Waals surface area contributed by atoms with Crippen LogP contribution in [0.25, 0.3) is 0 Å². The van der Waals surface area contributed by atoms with Crippen LogP contribution in [-0.4, -0.2) is 30.5 Å². The summed E-state index contributed by atoms with van der Waals surface area (Å²) in [5, 5.41) is 0. The second kappa shape index (κ2) is 4.74. The van der Waals surface area contributed by atoms with Crippen molar-refractivity contribution in [3.63, 3.8) is 0 Å². The van der Waals surface area contributed by atoms with Gasteiger partial charge < -0.3 is 5.73 Å². The maximum absolute atomic E-state index is 12.2. The van der Waals surface area contributed by atoms with E-state index in [4.69, 9.17) is 0 Å². The summed E-state index contributed by atoms with van der Waals surface area (Å²) in [7, 11) is 0. The van der Waals surface area contributed by atoms with Crippen LogP contribution in [0.2, 0.25) is 0 Å². The Labute approximate surface area is 100 Å². The lowest BCUT2D eigenvalue weighted by molar-refractivity contribution is -0.394. The smallest absolute Gasteiger partial charge is 0.325 e. The molecule has 0 heterocycles. The van der Waals surface area contributed by atoms with E-state index in [-0.39, 0.29) is 24.0 Å². The second-order valence-electron chi connectivity index (χ2n) is 2.56. The van der Waals surface area contributed by atoms with E-state index in [0.717, 1.165) is 0 Å². The van der Waals surface area contributed by atoms with Gasteiger partial charge in [-0.1, -0.05) is 0 Å². The first-order chi connectivity index (χ1) is 6.31. The highest BCUT2D eigenvalue weighted by molar-refractivity contribution is 14.0. The van der Waals surface area contributed by atoms with Crippen molar-refractivity contribution in [3.05, 3.63) is 0 Å². The lowest BCUT2D eigenvalue weighted by atomic mass is 10.0. The average Bonchev–Trinajstić information content (AvgIpc) is 2.01. The van der Waals surface area contributed by atoms with Gasteiger partial charge in [0.15, 0.2) is 0 Å². The zero-order chi connectivity index (χ0) is 12.7. The molecule has 0 fully saturated rings. The first-order valence-corrected chi connectivity index (χ1v) is 3.21. The maximum Gasteiger partial charge on any atom is 0.460 e. The summed E-state index contributed by atoms with van der Waals surface area (Å²) in [6.45, 7) is -2.33. The normalized spacial score (nSPS) is 14.6. The molecule has 100 valence electrons. The third kappa shape index (κ3) is 2.65. The van der Waals surface area contributed by atoms with Crippen molar-refractivity contribution in [2.24, 2.45) is 5.73 Å². The van der Waals surface area contributed by atoms with Crippen molar-refractivity contribution in [2.45, 2.75) is 23.9 Å². The van der Waals surface area contributed by atoms with Gasteiger partial charge in [-0.25, -0.2) is 0 Å². The number of nitrogens with two attached hydrogens (primary N) is 1. The van der Waals surface area contributed by atoms with Gasteiger partial charge in [0.05, 0.1) is 6.54 Å². The van der Waals surface area contributed by atoms with E-state index in [0.29, 0.717) is 0 Å². The monoisotopic (exact) mass is 377 g/mol. The number of rotatable bonds is 3. The molecule has 0 atom stereocenters. The number of hydrogen-bond donors (Lipinski definition) is 1. The molecule has 0 aliphatic rings. The SMILES string of the molecule is I.NCC(F)(F)C(F)(F)C(F)(F)C(F)(F)F. The lowest BCUT2D eigenvalue weighted by Gasteiger charge is -2.32. The van der Waals surface area contributed by atoms with Crippen molar-refractivity contribution in [1.82, 2.24) is 0 Å². The molecule has 0 aromatic rings. The molecule has 1 nitrogen and oxygen atoms in total. The van der Waals surface area contributed by atoms with Gasteiger partial charge in [0, 0.05) is 0 Å². The van der Waals surface area contributed by atoms with Crippen molar-refractivity contribution in [1.29, 1.82) is 0 Å². The first-order valence-electron chi connectivity index (χ1n) is 3.21. The van der Waals surface area contributed by atoms with Crippen LogP contribution in [0.1, 0.15) is 0 Å². The summed E-state index contributed by atoms with van der Waals surface area (Å²) in [5.74, 6) is -19.1. The molecule has 0 aromatic carbocycles. The van der Waals surface area contributed by atoms with Gasteiger partial charge in [0.2, 0.25) is 0 Å². The highest BCUT2D eigenvalue weighted by Gasteiger charge is 2.81. The molecule has 0 radical (unpaired) electrons. The molecule has 0 aromatic heterocycles. The predicted octanol–water partition coefficient (Wildman–Crippen LogP) is 3.03. The molecule has 0 saturated heterocycles. The molecule has 16 heavy (non-hydrogen) atoms. The zero-order valence-corrected chi connectivity index (χ0v) is 9.42. The maximum atomic E-state index is 12.2. The Morgan fingerprint density at radius 1 is 0.688 bits per heavy atom. The summed E-state index contributed by atoms with van der Waals surface area (Å²) in [6.07, 6.45) is -6.78. The minimum atomic E-state index is -6.84. The highest BCUT2D eigenvalue weighted by atomic mass is 127. The van der Waals surface area contributed by atoms with Gasteiger partial charge in [-0.2, -0.15) is 39.5 Å². The van der Waals surface area contributed by atoms with E-state index in [1.807, 2.05) is 0 Å². The third-order valence-electron chi connectivity index (χ3n) is 1.47. The fraction of sp³-hybridized carbons (Fsp3) is 1.00. The molecule has 2 N–H and O–H groups in total. The third-order valence-corrected chi connectivity index (χ3v) is 1.47. The Bertz CT molecular complexity index is 235. The summed E-state index contributed by atoms with van der Waals surface area (Å²) < 4.78 is 107. The fourth-order valence-corrected chi connectivity index (χ4v) is 0.536. The van der Waals surface area contributed by atoms with Crippen LogP contribution in [0.4, 0.5) is 39.5 Å². The van der Waals surface area contributed by atoms with Gasteiger partial charge in [0.25, 0.3) is 0 Å². The molecular weight excluding hydrogens is 372 g/mol. The van der Waals surface area contributed by atoms with Crippen LogP contribution in [0, 0.1) is 0 Å². The van der Waals surface area contributed by atoms with Gasteiger partial charge in [-0.3, -0.25) is 0 Å². The van der Waals surface area contributed by atoms with Crippen LogP contribution < -0.4 is 5.73 Å². The quantitative estimate of drug-likeness (QED) is 0.594. The Hall–Kier alpha value is 0.0600. The van der Waals surface area contributed by atoms with E-state index in [1.165, 1.54) is 0 Å². The second-order valence-corrected chi connectivity index (χ2v) is 2.56. The van der Waals surface area contributed by atoms with E-state index in [1.54, 1.807) is 0 Å². The van der Waals surface area contributed by atoms with Crippen molar-refractivity contribution in [3.8, 4) is 0 Å². The largest absolute Gasteiger partial charge is 0.460 e. The van der Waals surface area contributed by atoms with E-state index >= 15 is 0 Å². The van der Waals surface area contributed by atoms with E-state index < -0.39 is 30.5 Å². The van der Waals surface area contributed by atoms with Gasteiger partial charge in [0.1, 0.15) is 0 Å². The summed E-state index contributed by atoms with van der Waals surface area (Å²) >= 11 is 0. The summed E-state index contributed by atoms with van der Waals surface area (Å²) in [6, 6.07) is 0. The molecule has 0 bridgehead atoms. The van der Waals surface area contributed by atoms with Crippen LogP contribution in [0.5, 0.6) is 0 Å². The Morgan fingerprint density at radius 3 is 1.19 bits per heavy atom. The summed E-state index contributed by atoms with van der Waals surface area (Å²) in [5.41, 5.74) is 4.00. The molecule has 0 amide bonds. The zero-order valence-electron chi connectivity index (χ0n) is 7.09. The molecular formula is C5H5F9IN. The number of hydrogen-bond acceptors (Lipinski definition) is 1. The van der Waals surface area contributed by atoms with Crippen LogP contribution in [0.15, 0.2) is 0 Å². The Kier molecular flexibility index (Phi) is 5.46. The molecule has 0 saturated carbocycles. The summed E-state index contributed by atoms with van der Waals surface area (Å²) in [4.78, 5) is 0. The molecule has 0 aliphatic heterocycles. The topological polar surface area (TPSA) is 26.0 Å².